The van der Waals surface area contributed by atoms with Crippen LogP contribution in [0, 0.1) is 0 Å². The van der Waals surface area contributed by atoms with E-state index in [1.54, 1.807) is 48.5 Å². The molecule has 4 aromatic rings. The number of likely N-dealkylation sites (N-methyl/N-ethyl adjacent to an activating group) is 1. The third-order valence-electron chi connectivity index (χ3n) is 5.86. The van der Waals surface area contributed by atoms with E-state index in [0.717, 1.165) is 10.2 Å². The van der Waals surface area contributed by atoms with Crippen LogP contribution < -0.4 is 16.8 Å². The highest BCUT2D eigenvalue weighted by Crippen LogP contribution is 2.33. The molecule has 2 aromatic carbocycles. The maximum absolute atomic E-state index is 13.1. The Morgan fingerprint density at radius 2 is 1.91 bits per heavy atom. The molecule has 0 aliphatic rings. The van der Waals surface area contributed by atoms with Gasteiger partial charge in [-0.2, -0.15) is 0 Å². The highest BCUT2D eigenvalue weighted by Gasteiger charge is 2.34. The highest BCUT2D eigenvalue weighted by molar-refractivity contribution is 7.22. The topological polar surface area (TPSA) is 148 Å². The number of thiazole rings is 1. The first-order valence-electron chi connectivity index (χ1n) is 11.2. The van der Waals surface area contributed by atoms with Crippen LogP contribution >= 0.6 is 11.3 Å². The number of nitrogen functional groups attached to an aromatic ring is 1. The molecular weight excluding hydrogens is 466 g/mol. The van der Waals surface area contributed by atoms with Crippen LogP contribution in [0.4, 0.5) is 10.8 Å². The number of nitrogens with one attached hydrogen (secondary N) is 1. The number of amides is 2. The van der Waals surface area contributed by atoms with Crippen molar-refractivity contribution in [3.63, 3.8) is 0 Å². The number of nitrogens with two attached hydrogens (primary N) is 2. The van der Waals surface area contributed by atoms with E-state index in [-0.39, 0.29) is 0 Å². The Morgan fingerprint density at radius 1 is 1.17 bits per heavy atom. The van der Waals surface area contributed by atoms with Crippen molar-refractivity contribution in [3.8, 4) is 11.1 Å². The molecular formula is C25H27N5O4S. The fraction of sp³-hybridized carbons (Fsp3) is 0.240. The summed E-state index contributed by atoms with van der Waals surface area (Å²) in [6.07, 6.45) is 0.0721. The SMILES string of the molecule is CCN(CC)C(c1cc(-c2ccccc2C(N)=O)co1)C(O)C(=O)Nc1ccc2nc(N)sc2c1. The molecule has 0 bridgehead atoms. The molecule has 2 aromatic heterocycles. The van der Waals surface area contributed by atoms with Gasteiger partial charge < -0.3 is 26.3 Å². The lowest BCUT2D eigenvalue weighted by Crippen LogP contribution is -2.42. The molecule has 0 saturated carbocycles. The molecule has 0 aliphatic carbocycles. The third-order valence-corrected chi connectivity index (χ3v) is 6.71. The fourth-order valence-corrected chi connectivity index (χ4v) is 4.90. The summed E-state index contributed by atoms with van der Waals surface area (Å²) in [5, 5.41) is 14.4. The molecule has 2 atom stereocenters. The van der Waals surface area contributed by atoms with Crippen LogP contribution in [-0.2, 0) is 4.79 Å². The van der Waals surface area contributed by atoms with Crippen LogP contribution in [-0.4, -0.2) is 46.0 Å². The fourth-order valence-electron chi connectivity index (χ4n) is 4.13. The number of furan rings is 1. The van der Waals surface area contributed by atoms with Gasteiger partial charge >= 0.3 is 0 Å². The number of fused-ring (bicyclic) bond motifs is 1. The minimum atomic E-state index is -1.43. The van der Waals surface area contributed by atoms with E-state index in [0.29, 0.717) is 46.4 Å². The predicted octanol–water partition coefficient (Wildman–Crippen LogP) is 3.62. The third kappa shape index (κ3) is 5.04. The number of benzene rings is 2. The van der Waals surface area contributed by atoms with Crippen molar-refractivity contribution >= 4 is 44.2 Å². The molecule has 4 rings (SSSR count). The van der Waals surface area contributed by atoms with Crippen LogP contribution in [0.3, 0.4) is 0 Å². The summed E-state index contributed by atoms with van der Waals surface area (Å²) in [5.41, 5.74) is 14.2. The first kappa shape index (κ1) is 24.4. The molecule has 6 N–H and O–H groups in total. The number of carbonyl (C=O) groups is 2. The lowest BCUT2D eigenvalue weighted by Gasteiger charge is -2.31. The van der Waals surface area contributed by atoms with Gasteiger partial charge in [-0.05, 0) is 49.0 Å². The van der Waals surface area contributed by atoms with Crippen LogP contribution in [0.1, 0.15) is 36.0 Å². The Kier molecular flexibility index (Phi) is 7.15. The van der Waals surface area contributed by atoms with Crippen molar-refractivity contribution in [3.05, 3.63) is 66.1 Å². The number of aliphatic hydroxyl groups is 1. The lowest BCUT2D eigenvalue weighted by atomic mass is 9.99. The summed E-state index contributed by atoms with van der Waals surface area (Å²) in [6.45, 7) is 5.03. The zero-order chi connectivity index (χ0) is 25.1. The maximum Gasteiger partial charge on any atom is 0.255 e. The minimum Gasteiger partial charge on any atom is -0.467 e. The van der Waals surface area contributed by atoms with Gasteiger partial charge in [-0.3, -0.25) is 14.5 Å². The van der Waals surface area contributed by atoms with Gasteiger partial charge in [-0.15, -0.1) is 0 Å². The first-order valence-corrected chi connectivity index (χ1v) is 12.0. The number of nitrogens with zero attached hydrogens (tertiary/aromatic N) is 2. The Labute approximate surface area is 206 Å². The quantitative estimate of drug-likeness (QED) is 0.278. The van der Waals surface area contributed by atoms with Crippen molar-refractivity contribution in [2.45, 2.75) is 26.0 Å². The Hall–Kier alpha value is -3.73. The molecule has 9 nitrogen and oxygen atoms in total. The second-order valence-electron chi connectivity index (χ2n) is 7.98. The monoisotopic (exact) mass is 493 g/mol. The molecule has 10 heteroatoms. The number of primary amides is 1. The molecule has 182 valence electrons. The first-order chi connectivity index (χ1) is 16.8. The number of hydrogen-bond donors (Lipinski definition) is 4. The van der Waals surface area contributed by atoms with Gasteiger partial charge in [-0.25, -0.2) is 4.98 Å². The molecule has 35 heavy (non-hydrogen) atoms. The van der Waals surface area contributed by atoms with Crippen molar-refractivity contribution < 1.29 is 19.1 Å². The van der Waals surface area contributed by atoms with Crippen molar-refractivity contribution in [1.29, 1.82) is 0 Å². The number of hydrogen-bond acceptors (Lipinski definition) is 8. The number of aromatic nitrogens is 1. The van der Waals surface area contributed by atoms with Gasteiger partial charge in [0.2, 0.25) is 5.91 Å². The van der Waals surface area contributed by atoms with E-state index in [1.807, 2.05) is 18.7 Å². The summed E-state index contributed by atoms with van der Waals surface area (Å²) in [7, 11) is 0. The molecule has 0 fully saturated rings. The summed E-state index contributed by atoms with van der Waals surface area (Å²) in [4.78, 5) is 31.1. The Balaban J connectivity index is 1.63. The van der Waals surface area contributed by atoms with Gasteiger partial charge in [0.15, 0.2) is 11.2 Å². The van der Waals surface area contributed by atoms with Crippen LogP contribution in [0.25, 0.3) is 21.3 Å². The molecule has 2 amide bonds. The largest absolute Gasteiger partial charge is 0.467 e. The van der Waals surface area contributed by atoms with Crippen molar-refractivity contribution in [1.82, 2.24) is 9.88 Å². The molecule has 2 unspecified atom stereocenters. The average molecular weight is 494 g/mol. The second-order valence-corrected chi connectivity index (χ2v) is 9.04. The number of rotatable bonds is 9. The molecule has 0 spiro atoms. The van der Waals surface area contributed by atoms with E-state index < -0.39 is 24.0 Å². The maximum atomic E-state index is 13.1. The Morgan fingerprint density at radius 3 is 2.63 bits per heavy atom. The number of aliphatic hydroxyl groups excluding tert-OH is 1. The average Bonchev–Trinajstić information content (AvgIpc) is 3.47. The second kappa shape index (κ2) is 10.3. The van der Waals surface area contributed by atoms with Crippen molar-refractivity contribution in [2.75, 3.05) is 24.1 Å². The number of carbonyl (C=O) groups excluding carboxylic acids is 2. The summed E-state index contributed by atoms with van der Waals surface area (Å²) in [6, 6.07) is 13.2. The molecule has 0 aliphatic heterocycles. The predicted molar refractivity (Wildman–Crippen MR) is 137 cm³/mol. The van der Waals surface area contributed by atoms with E-state index >= 15 is 0 Å². The molecule has 0 saturated heterocycles. The van der Waals surface area contributed by atoms with Crippen molar-refractivity contribution in [2.24, 2.45) is 5.73 Å². The van der Waals surface area contributed by atoms with Gasteiger partial charge in [0, 0.05) is 16.8 Å². The van der Waals surface area contributed by atoms with Gasteiger partial charge in [-0.1, -0.05) is 43.4 Å². The van der Waals surface area contributed by atoms with Crippen LogP contribution in [0.2, 0.25) is 0 Å². The zero-order valence-corrected chi connectivity index (χ0v) is 20.2. The van der Waals surface area contributed by atoms with Crippen LogP contribution in [0.5, 0.6) is 0 Å². The summed E-state index contributed by atoms with van der Waals surface area (Å²) in [5.74, 6) is -0.728. The van der Waals surface area contributed by atoms with Crippen LogP contribution in [0.15, 0.2) is 59.2 Å². The van der Waals surface area contributed by atoms with Gasteiger partial charge in [0.05, 0.1) is 16.5 Å². The summed E-state index contributed by atoms with van der Waals surface area (Å²) >= 11 is 1.32. The number of anilines is 2. The van der Waals surface area contributed by atoms with E-state index in [4.69, 9.17) is 15.9 Å². The standard InChI is InChI=1S/C25H27N5O4S/c1-3-30(4-2)21(19-11-14(13-34-19)16-7-5-6-8-17(16)23(26)32)22(31)24(33)28-15-9-10-18-20(12-15)35-25(27)29-18/h5-13,21-22,31H,3-4H2,1-2H3,(H2,26,32)(H2,27,29)(H,28,33). The van der Waals surface area contributed by atoms with Gasteiger partial charge in [0.25, 0.3) is 5.91 Å². The zero-order valence-electron chi connectivity index (χ0n) is 19.4. The van der Waals surface area contributed by atoms with E-state index in [9.17, 15) is 14.7 Å². The smallest absolute Gasteiger partial charge is 0.255 e. The Bertz CT molecular complexity index is 1360. The molecule has 2 heterocycles. The lowest BCUT2D eigenvalue weighted by molar-refractivity contribution is -0.128. The molecule has 0 radical (unpaired) electrons. The summed E-state index contributed by atoms with van der Waals surface area (Å²) < 4.78 is 6.66. The minimum absolute atomic E-state index is 0.358. The van der Waals surface area contributed by atoms with E-state index in [1.165, 1.54) is 17.6 Å². The van der Waals surface area contributed by atoms with Gasteiger partial charge in [0.1, 0.15) is 11.8 Å². The highest BCUT2D eigenvalue weighted by atomic mass is 32.1. The van der Waals surface area contributed by atoms with E-state index in [2.05, 4.69) is 10.3 Å². The normalized spacial score (nSPS) is 13.1.